The van der Waals surface area contributed by atoms with E-state index in [0.717, 1.165) is 25.2 Å². The molecule has 1 N–H and O–H groups in total. The average molecular weight is 254 g/mol. The summed E-state index contributed by atoms with van der Waals surface area (Å²) in [4.78, 5) is 19.2. The molecule has 0 unspecified atom stereocenters. The number of halogens is 3. The molecule has 0 aromatic carbocycles. The summed E-state index contributed by atoms with van der Waals surface area (Å²) in [6.45, 7) is 2.11. The van der Waals surface area contributed by atoms with Crippen LogP contribution in [0.1, 0.15) is 32.6 Å². The minimum atomic E-state index is -5.19. The lowest BCUT2D eigenvalue weighted by molar-refractivity contribution is -0.344. The molecule has 1 aliphatic carbocycles. The van der Waals surface area contributed by atoms with Crippen molar-refractivity contribution in [2.45, 2.75) is 38.8 Å². The highest BCUT2D eigenvalue weighted by Gasteiger charge is 2.35. The first-order chi connectivity index (χ1) is 7.64. The van der Waals surface area contributed by atoms with Crippen molar-refractivity contribution in [3.8, 4) is 0 Å². The van der Waals surface area contributed by atoms with E-state index < -0.39 is 18.1 Å². The van der Waals surface area contributed by atoms with Gasteiger partial charge in [-0.1, -0.05) is 6.92 Å². The summed E-state index contributed by atoms with van der Waals surface area (Å²) in [7, 11) is 0. The van der Waals surface area contributed by atoms with Crippen molar-refractivity contribution >= 4 is 11.9 Å². The Balaban J connectivity index is 0.000000325. The number of hydrogen-bond acceptors (Lipinski definition) is 3. The summed E-state index contributed by atoms with van der Waals surface area (Å²) in [6.07, 6.45) is -1.34. The first-order valence-electron chi connectivity index (χ1n) is 5.00. The van der Waals surface area contributed by atoms with Crippen LogP contribution in [0.3, 0.4) is 0 Å². The zero-order valence-corrected chi connectivity index (χ0v) is 9.21. The van der Waals surface area contributed by atoms with Gasteiger partial charge in [0.2, 0.25) is 5.92 Å². The quantitative estimate of drug-likeness (QED) is 0.712. The molecule has 0 spiro atoms. The number of hydrogen-bond donors (Lipinski definition) is 1. The molecule has 4 nitrogen and oxygen atoms in total. The SMILES string of the molecule is C[C@@H]1CCC[C+](C(=O)O)C1.O=C([O-])C(F)(F)F. The summed E-state index contributed by atoms with van der Waals surface area (Å²) < 4.78 is 31.5. The van der Waals surface area contributed by atoms with E-state index >= 15 is 0 Å². The minimum absolute atomic E-state index is 0.583. The van der Waals surface area contributed by atoms with Crippen LogP contribution in [0.2, 0.25) is 0 Å². The van der Waals surface area contributed by atoms with E-state index in [2.05, 4.69) is 6.92 Å². The summed E-state index contributed by atoms with van der Waals surface area (Å²) in [5.41, 5.74) is 0. The van der Waals surface area contributed by atoms with Gasteiger partial charge >= 0.3 is 12.1 Å². The fourth-order valence-electron chi connectivity index (χ4n) is 1.48. The zero-order valence-electron chi connectivity index (χ0n) is 9.21. The molecular weight excluding hydrogens is 241 g/mol. The maximum Gasteiger partial charge on any atom is 0.496 e. The van der Waals surface area contributed by atoms with Gasteiger partial charge in [0.05, 0.1) is 0 Å². The van der Waals surface area contributed by atoms with Crippen LogP contribution >= 0.6 is 0 Å². The Hall–Kier alpha value is -1.40. The highest BCUT2D eigenvalue weighted by molar-refractivity contribution is 5.82. The number of carboxylic acid groups (broad SMARTS) is 2. The van der Waals surface area contributed by atoms with Crippen LogP contribution < -0.4 is 5.11 Å². The lowest BCUT2D eigenvalue weighted by atomic mass is 9.83. The van der Waals surface area contributed by atoms with Crippen LogP contribution in [0.15, 0.2) is 0 Å². The van der Waals surface area contributed by atoms with Crippen molar-refractivity contribution in [1.29, 1.82) is 0 Å². The predicted octanol–water partition coefficient (Wildman–Crippen LogP) is 1.15. The Morgan fingerprint density at radius 3 is 2.12 bits per heavy atom. The Kier molecular flexibility index (Phi) is 5.84. The molecule has 0 bridgehead atoms. The minimum Gasteiger partial charge on any atom is -0.542 e. The van der Waals surface area contributed by atoms with Crippen molar-refractivity contribution in [1.82, 2.24) is 0 Å². The van der Waals surface area contributed by atoms with Crippen LogP contribution in [0.25, 0.3) is 0 Å². The van der Waals surface area contributed by atoms with E-state index in [4.69, 9.17) is 15.0 Å². The number of alkyl halides is 3. The van der Waals surface area contributed by atoms with Crippen LogP contribution in [-0.2, 0) is 9.59 Å². The Morgan fingerprint density at radius 2 is 1.88 bits per heavy atom. The molecule has 98 valence electrons. The Morgan fingerprint density at radius 1 is 1.41 bits per heavy atom. The molecule has 0 aliphatic heterocycles. The number of carboxylic acids is 2. The molecule has 17 heavy (non-hydrogen) atoms. The molecule has 0 heterocycles. The molecule has 1 aliphatic rings. The molecule has 1 fully saturated rings. The lowest BCUT2D eigenvalue weighted by Gasteiger charge is -2.13. The molecule has 1 rings (SSSR count). The van der Waals surface area contributed by atoms with Gasteiger partial charge in [-0.05, 0) is 18.8 Å². The van der Waals surface area contributed by atoms with Crippen LogP contribution in [0.4, 0.5) is 13.2 Å². The Labute approximate surface area is 96.4 Å². The van der Waals surface area contributed by atoms with E-state index in [1.54, 1.807) is 0 Å². The monoisotopic (exact) mass is 254 g/mol. The van der Waals surface area contributed by atoms with Gasteiger partial charge in [0.1, 0.15) is 18.8 Å². The largest absolute Gasteiger partial charge is 0.542 e. The summed E-state index contributed by atoms with van der Waals surface area (Å²) in [6, 6.07) is 0. The molecule has 0 amide bonds. The van der Waals surface area contributed by atoms with Gasteiger partial charge < -0.3 is 15.0 Å². The number of aliphatic carboxylic acids is 2. The molecular formula is C10H13F3O4. The second kappa shape index (κ2) is 6.36. The molecule has 1 atom stereocenters. The van der Waals surface area contributed by atoms with Crippen LogP contribution in [0.5, 0.6) is 0 Å². The number of carbonyl (C=O) groups excluding carboxylic acids is 1. The summed E-state index contributed by atoms with van der Waals surface area (Å²) >= 11 is 0. The van der Waals surface area contributed by atoms with Gasteiger partial charge in [-0.15, -0.1) is 0 Å². The molecule has 0 saturated heterocycles. The van der Waals surface area contributed by atoms with Gasteiger partial charge in [-0.2, -0.15) is 18.0 Å². The van der Waals surface area contributed by atoms with Crippen molar-refractivity contribution in [2.24, 2.45) is 5.92 Å². The molecule has 7 heteroatoms. The van der Waals surface area contributed by atoms with Crippen molar-refractivity contribution in [3.05, 3.63) is 5.92 Å². The van der Waals surface area contributed by atoms with E-state index in [1.807, 2.05) is 0 Å². The van der Waals surface area contributed by atoms with E-state index in [0.29, 0.717) is 5.92 Å². The van der Waals surface area contributed by atoms with Crippen LogP contribution in [-0.4, -0.2) is 23.2 Å². The molecule has 1 saturated carbocycles. The Bertz CT molecular complexity index is 275. The summed E-state index contributed by atoms with van der Waals surface area (Å²) in [5, 5.41) is 17.4. The highest BCUT2D eigenvalue weighted by Crippen LogP contribution is 2.29. The van der Waals surface area contributed by atoms with Crippen molar-refractivity contribution in [3.63, 3.8) is 0 Å². The fraction of sp³-hybridized carbons (Fsp3) is 0.700. The smallest absolute Gasteiger partial charge is 0.496 e. The van der Waals surface area contributed by atoms with Gasteiger partial charge in [-0.25, -0.2) is 0 Å². The lowest BCUT2D eigenvalue weighted by Crippen LogP contribution is -2.37. The maximum absolute atomic E-state index is 10.5. The third-order valence-electron chi connectivity index (χ3n) is 2.30. The number of carbonyl (C=O) groups is 2. The zero-order chi connectivity index (χ0) is 13.6. The first-order valence-corrected chi connectivity index (χ1v) is 5.00. The van der Waals surface area contributed by atoms with Gasteiger partial charge in [0.15, 0.2) is 0 Å². The molecule has 0 aromatic rings. The predicted molar refractivity (Wildman–Crippen MR) is 49.6 cm³/mol. The normalized spacial score (nSPS) is 20.2. The maximum atomic E-state index is 10.5. The van der Waals surface area contributed by atoms with Gasteiger partial charge in [-0.3, -0.25) is 0 Å². The second-order valence-corrected chi connectivity index (χ2v) is 3.90. The van der Waals surface area contributed by atoms with Crippen LogP contribution in [0, 0.1) is 11.8 Å². The standard InChI is InChI=1S/C8H12O2.C2HF3O2/c1-6-3-2-4-7(5-6)8(9)10;3-2(4,5)1(6)7/h6H,2-5H2,1H3;(H,6,7)/t6-;/m1./s1. The summed E-state index contributed by atoms with van der Waals surface area (Å²) in [5.74, 6) is -2.39. The fourth-order valence-corrected chi connectivity index (χ4v) is 1.48. The van der Waals surface area contributed by atoms with Gasteiger partial charge in [0.25, 0.3) is 0 Å². The highest BCUT2D eigenvalue weighted by atomic mass is 19.4. The van der Waals surface area contributed by atoms with E-state index in [-0.39, 0.29) is 0 Å². The second-order valence-electron chi connectivity index (χ2n) is 3.90. The van der Waals surface area contributed by atoms with E-state index in [1.165, 1.54) is 6.42 Å². The molecule has 0 aromatic heterocycles. The molecule has 0 radical (unpaired) electrons. The third-order valence-corrected chi connectivity index (χ3v) is 2.30. The first kappa shape index (κ1) is 15.6. The topological polar surface area (TPSA) is 77.4 Å². The number of rotatable bonds is 1. The van der Waals surface area contributed by atoms with Crippen molar-refractivity contribution < 1.29 is 33.0 Å². The third kappa shape index (κ3) is 6.70. The average Bonchev–Trinajstić information content (AvgIpc) is 2.17. The van der Waals surface area contributed by atoms with Gasteiger partial charge in [0, 0.05) is 0 Å². The van der Waals surface area contributed by atoms with Crippen molar-refractivity contribution in [2.75, 3.05) is 0 Å². The van der Waals surface area contributed by atoms with E-state index in [9.17, 15) is 18.0 Å².